The summed E-state index contributed by atoms with van der Waals surface area (Å²) in [5.74, 6) is 1.79. The molecule has 0 saturated heterocycles. The molecule has 2 aromatic heterocycles. The highest BCUT2D eigenvalue weighted by Crippen LogP contribution is 2.35. The molecular formula is C23H24N4O2S. The number of nitrogens with zero attached hydrogens (tertiary/aromatic N) is 4. The molecule has 0 atom stereocenters. The highest BCUT2D eigenvalue weighted by atomic mass is 32.2. The summed E-state index contributed by atoms with van der Waals surface area (Å²) in [6.07, 6.45) is 10.6. The predicted octanol–water partition coefficient (Wildman–Crippen LogP) is 5.07. The third kappa shape index (κ3) is 3.94. The molecule has 30 heavy (non-hydrogen) atoms. The number of aromatic nitrogens is 3. The van der Waals surface area contributed by atoms with Crippen LogP contribution >= 0.6 is 11.8 Å². The Bertz CT molecular complexity index is 1040. The first-order valence-corrected chi connectivity index (χ1v) is 11.5. The van der Waals surface area contributed by atoms with Crippen LogP contribution in [0.1, 0.15) is 38.5 Å². The molecule has 0 spiro atoms. The maximum atomic E-state index is 13.2. The number of allylic oxidation sites excluding steroid dienone is 2. The Hall–Kier alpha value is -2.80. The van der Waals surface area contributed by atoms with Gasteiger partial charge in [-0.15, -0.1) is 10.2 Å². The summed E-state index contributed by atoms with van der Waals surface area (Å²) >= 11 is 1.43. The van der Waals surface area contributed by atoms with Crippen molar-refractivity contribution in [1.29, 1.82) is 0 Å². The lowest BCUT2D eigenvalue weighted by molar-refractivity contribution is -0.127. The monoisotopic (exact) mass is 420 g/mol. The van der Waals surface area contributed by atoms with Crippen LogP contribution in [0.15, 0.2) is 70.1 Å². The molecule has 1 fully saturated rings. The minimum absolute atomic E-state index is 0.165. The van der Waals surface area contributed by atoms with Crippen molar-refractivity contribution in [2.75, 3.05) is 5.75 Å². The van der Waals surface area contributed by atoms with E-state index in [1.165, 1.54) is 30.3 Å². The van der Waals surface area contributed by atoms with Crippen LogP contribution < -0.4 is 0 Å². The van der Waals surface area contributed by atoms with Crippen LogP contribution in [0.5, 0.6) is 0 Å². The zero-order valence-electron chi connectivity index (χ0n) is 16.7. The molecule has 2 aliphatic rings. The van der Waals surface area contributed by atoms with E-state index >= 15 is 0 Å². The Morgan fingerprint density at radius 2 is 2.00 bits per heavy atom. The number of hydrogen-bond acceptors (Lipinski definition) is 5. The molecule has 2 aliphatic carbocycles. The number of furan rings is 1. The van der Waals surface area contributed by atoms with Gasteiger partial charge in [0.25, 0.3) is 0 Å². The second-order valence-corrected chi connectivity index (χ2v) is 8.62. The second kappa shape index (κ2) is 8.52. The van der Waals surface area contributed by atoms with E-state index in [1.54, 1.807) is 6.26 Å². The number of carbonyl (C=O) groups excluding carboxylic acids is 1. The van der Waals surface area contributed by atoms with Gasteiger partial charge in [0.15, 0.2) is 10.9 Å². The van der Waals surface area contributed by atoms with E-state index in [4.69, 9.17) is 4.42 Å². The molecule has 0 radical (unpaired) electrons. The molecule has 154 valence electrons. The predicted molar refractivity (Wildman–Crippen MR) is 116 cm³/mol. The van der Waals surface area contributed by atoms with E-state index in [-0.39, 0.29) is 5.91 Å². The van der Waals surface area contributed by atoms with Crippen LogP contribution in [0.25, 0.3) is 17.3 Å². The zero-order chi connectivity index (χ0) is 20.3. The van der Waals surface area contributed by atoms with Gasteiger partial charge >= 0.3 is 0 Å². The lowest BCUT2D eigenvalue weighted by Crippen LogP contribution is -2.34. The fourth-order valence-corrected chi connectivity index (χ4v) is 4.72. The summed E-state index contributed by atoms with van der Waals surface area (Å²) in [7, 11) is 0. The van der Waals surface area contributed by atoms with Gasteiger partial charge in [0, 0.05) is 17.4 Å². The Balaban J connectivity index is 1.40. The van der Waals surface area contributed by atoms with Crippen LogP contribution in [-0.4, -0.2) is 37.4 Å². The first kappa shape index (κ1) is 19.2. The SMILES string of the molecule is O=C(CSc1nnc(-c2ccco2)n1-c1ccccc1)N(C1=CCCCC1)C1CC1. The molecule has 1 amide bonds. The second-order valence-electron chi connectivity index (χ2n) is 7.68. The Morgan fingerprint density at radius 3 is 2.70 bits per heavy atom. The smallest absolute Gasteiger partial charge is 0.237 e. The Morgan fingerprint density at radius 1 is 1.13 bits per heavy atom. The van der Waals surface area contributed by atoms with Gasteiger partial charge in [0.1, 0.15) is 0 Å². The quantitative estimate of drug-likeness (QED) is 0.500. The molecular weight excluding hydrogens is 396 g/mol. The number of rotatable bonds is 7. The maximum Gasteiger partial charge on any atom is 0.237 e. The van der Waals surface area contributed by atoms with Gasteiger partial charge in [-0.05, 0) is 62.8 Å². The van der Waals surface area contributed by atoms with Crippen LogP contribution in [0.2, 0.25) is 0 Å². The summed E-state index contributed by atoms with van der Waals surface area (Å²) in [5.41, 5.74) is 2.16. The standard InChI is InChI=1S/C23H24N4O2S/c28-21(26(19-13-14-19)17-8-3-1-4-9-17)16-30-23-25-24-22(20-12-7-15-29-20)27(23)18-10-5-2-6-11-18/h2,5-8,10-12,15,19H,1,3-4,9,13-14,16H2. The number of amides is 1. The van der Waals surface area contributed by atoms with Gasteiger partial charge in [-0.2, -0.15) is 0 Å². The largest absolute Gasteiger partial charge is 0.461 e. The van der Waals surface area contributed by atoms with E-state index in [0.29, 0.717) is 28.5 Å². The van der Waals surface area contributed by atoms with E-state index in [0.717, 1.165) is 31.4 Å². The maximum absolute atomic E-state index is 13.2. The van der Waals surface area contributed by atoms with Crippen LogP contribution in [-0.2, 0) is 4.79 Å². The highest BCUT2D eigenvalue weighted by Gasteiger charge is 2.35. The van der Waals surface area contributed by atoms with Gasteiger partial charge in [-0.1, -0.05) is 36.0 Å². The third-order valence-corrected chi connectivity index (χ3v) is 6.38. The Labute approximate surface area is 180 Å². The summed E-state index contributed by atoms with van der Waals surface area (Å²) in [5, 5.41) is 9.43. The van der Waals surface area contributed by atoms with Crippen LogP contribution in [0.4, 0.5) is 0 Å². The van der Waals surface area contributed by atoms with E-state index in [1.807, 2.05) is 47.0 Å². The average molecular weight is 421 g/mol. The van der Waals surface area contributed by atoms with Crippen LogP contribution in [0, 0.1) is 0 Å². The van der Waals surface area contributed by atoms with Crippen molar-refractivity contribution in [2.24, 2.45) is 0 Å². The van der Waals surface area contributed by atoms with Crippen molar-refractivity contribution >= 4 is 17.7 Å². The van der Waals surface area contributed by atoms with Crippen molar-refractivity contribution in [3.8, 4) is 17.3 Å². The molecule has 6 nitrogen and oxygen atoms in total. The van der Waals surface area contributed by atoms with Crippen LogP contribution in [0.3, 0.4) is 0 Å². The lowest BCUT2D eigenvalue weighted by Gasteiger charge is -2.27. The summed E-state index contributed by atoms with van der Waals surface area (Å²) in [4.78, 5) is 15.2. The molecule has 0 bridgehead atoms. The molecule has 5 rings (SSSR count). The zero-order valence-corrected chi connectivity index (χ0v) is 17.6. The van der Waals surface area contributed by atoms with Gasteiger partial charge in [0.05, 0.1) is 12.0 Å². The summed E-state index contributed by atoms with van der Waals surface area (Å²) in [6, 6.07) is 14.0. The molecule has 1 saturated carbocycles. The topological polar surface area (TPSA) is 64.2 Å². The number of para-hydroxylation sites is 1. The normalized spacial score (nSPS) is 16.3. The number of benzene rings is 1. The first-order chi connectivity index (χ1) is 14.8. The fraction of sp³-hybridized carbons (Fsp3) is 0.348. The summed E-state index contributed by atoms with van der Waals surface area (Å²) < 4.78 is 7.52. The van der Waals surface area contributed by atoms with E-state index in [9.17, 15) is 4.79 Å². The van der Waals surface area contributed by atoms with Gasteiger partial charge < -0.3 is 9.32 Å². The van der Waals surface area contributed by atoms with Crippen molar-refractivity contribution < 1.29 is 9.21 Å². The molecule has 7 heteroatoms. The average Bonchev–Trinajstić information content (AvgIpc) is 3.29. The van der Waals surface area contributed by atoms with Gasteiger partial charge in [0.2, 0.25) is 11.7 Å². The Kier molecular flexibility index (Phi) is 5.45. The van der Waals surface area contributed by atoms with Gasteiger partial charge in [-0.25, -0.2) is 0 Å². The molecule has 2 heterocycles. The molecule has 0 aliphatic heterocycles. The van der Waals surface area contributed by atoms with E-state index in [2.05, 4.69) is 21.2 Å². The first-order valence-electron chi connectivity index (χ1n) is 10.5. The van der Waals surface area contributed by atoms with E-state index < -0.39 is 0 Å². The lowest BCUT2D eigenvalue weighted by atomic mass is 10.0. The third-order valence-electron chi connectivity index (χ3n) is 5.47. The molecule has 0 N–H and O–H groups in total. The van der Waals surface area contributed by atoms with Crippen molar-refractivity contribution in [1.82, 2.24) is 19.7 Å². The minimum atomic E-state index is 0.165. The molecule has 0 unspecified atom stereocenters. The minimum Gasteiger partial charge on any atom is -0.461 e. The van der Waals surface area contributed by atoms with Gasteiger partial charge in [-0.3, -0.25) is 9.36 Å². The fourth-order valence-electron chi connectivity index (χ4n) is 3.91. The number of carbonyl (C=O) groups is 1. The summed E-state index contributed by atoms with van der Waals surface area (Å²) in [6.45, 7) is 0. The van der Waals surface area contributed by atoms with Crippen molar-refractivity contribution in [3.63, 3.8) is 0 Å². The van der Waals surface area contributed by atoms with Crippen molar-refractivity contribution in [3.05, 3.63) is 60.5 Å². The number of thioether (sulfide) groups is 1. The van der Waals surface area contributed by atoms with Crippen molar-refractivity contribution in [2.45, 2.75) is 49.7 Å². The highest BCUT2D eigenvalue weighted by molar-refractivity contribution is 7.99. The number of hydrogen-bond donors (Lipinski definition) is 0. The molecule has 3 aromatic rings. The molecule has 1 aromatic carbocycles.